The van der Waals surface area contributed by atoms with Crippen molar-refractivity contribution in [3.63, 3.8) is 0 Å². The molecule has 0 fully saturated rings. The van der Waals surface area contributed by atoms with Crippen molar-refractivity contribution in [1.82, 2.24) is 4.90 Å². The summed E-state index contributed by atoms with van der Waals surface area (Å²) in [5.41, 5.74) is 4.99. The second-order valence-electron chi connectivity index (χ2n) is 3.58. The zero-order chi connectivity index (χ0) is 11.3. The first-order chi connectivity index (χ1) is 7.11. The van der Waals surface area contributed by atoms with Gasteiger partial charge in [0.15, 0.2) is 0 Å². The highest BCUT2D eigenvalue weighted by Crippen LogP contribution is 2.10. The molecular formula is C10H16N2O3. The van der Waals surface area contributed by atoms with Crippen LogP contribution in [0.4, 0.5) is 0 Å². The Morgan fingerprint density at radius 3 is 2.73 bits per heavy atom. The fraction of sp³-hybridized carbons (Fsp3) is 0.600. The van der Waals surface area contributed by atoms with Crippen LogP contribution in [-0.4, -0.2) is 34.6 Å². The lowest BCUT2D eigenvalue weighted by atomic mass is 10.2. The maximum Gasteiger partial charge on any atom is 0.248 e. The van der Waals surface area contributed by atoms with Crippen LogP contribution in [0.5, 0.6) is 0 Å². The van der Waals surface area contributed by atoms with E-state index >= 15 is 0 Å². The van der Waals surface area contributed by atoms with Crippen LogP contribution in [0, 0.1) is 0 Å². The third kappa shape index (κ3) is 3.71. The van der Waals surface area contributed by atoms with Gasteiger partial charge in [0, 0.05) is 19.0 Å². The van der Waals surface area contributed by atoms with Crippen molar-refractivity contribution >= 4 is 11.8 Å². The SMILES string of the molecule is NC(=O)CCCCCN1C(=O)C=CC1O. The minimum Gasteiger partial charge on any atom is -0.370 e. The largest absolute Gasteiger partial charge is 0.370 e. The molecule has 2 amide bonds. The minimum absolute atomic E-state index is 0.155. The molecule has 1 aliphatic rings. The summed E-state index contributed by atoms with van der Waals surface area (Å²) >= 11 is 0. The fourth-order valence-electron chi connectivity index (χ4n) is 1.50. The highest BCUT2D eigenvalue weighted by atomic mass is 16.3. The summed E-state index contributed by atoms with van der Waals surface area (Å²) in [5, 5.41) is 9.35. The molecule has 0 aromatic carbocycles. The van der Waals surface area contributed by atoms with E-state index in [0.29, 0.717) is 13.0 Å². The molecule has 1 unspecified atom stereocenters. The maximum absolute atomic E-state index is 11.2. The van der Waals surface area contributed by atoms with E-state index in [1.807, 2.05) is 0 Å². The molecule has 0 bridgehead atoms. The van der Waals surface area contributed by atoms with Gasteiger partial charge in [0.25, 0.3) is 0 Å². The lowest BCUT2D eigenvalue weighted by Gasteiger charge is -2.19. The van der Waals surface area contributed by atoms with Crippen LogP contribution >= 0.6 is 0 Å². The topological polar surface area (TPSA) is 83.6 Å². The van der Waals surface area contributed by atoms with Crippen molar-refractivity contribution in [2.24, 2.45) is 5.73 Å². The molecule has 1 heterocycles. The van der Waals surface area contributed by atoms with Crippen LogP contribution in [0.3, 0.4) is 0 Å². The molecule has 15 heavy (non-hydrogen) atoms. The molecule has 5 nitrogen and oxygen atoms in total. The highest BCUT2D eigenvalue weighted by molar-refractivity contribution is 5.90. The van der Waals surface area contributed by atoms with E-state index in [0.717, 1.165) is 19.3 Å². The van der Waals surface area contributed by atoms with E-state index in [2.05, 4.69) is 0 Å². The number of hydrogen-bond donors (Lipinski definition) is 2. The van der Waals surface area contributed by atoms with Gasteiger partial charge in [-0.15, -0.1) is 0 Å². The third-order valence-corrected chi connectivity index (χ3v) is 2.34. The smallest absolute Gasteiger partial charge is 0.248 e. The van der Waals surface area contributed by atoms with Crippen molar-refractivity contribution in [2.45, 2.75) is 31.9 Å². The van der Waals surface area contributed by atoms with Crippen LogP contribution in [0.25, 0.3) is 0 Å². The number of hydrogen-bond acceptors (Lipinski definition) is 3. The van der Waals surface area contributed by atoms with E-state index in [1.165, 1.54) is 17.1 Å². The summed E-state index contributed by atoms with van der Waals surface area (Å²) in [4.78, 5) is 23.0. The van der Waals surface area contributed by atoms with Crippen LogP contribution < -0.4 is 5.73 Å². The average Bonchev–Trinajstić information content (AvgIpc) is 2.47. The molecule has 0 aromatic rings. The first kappa shape index (κ1) is 11.7. The van der Waals surface area contributed by atoms with Crippen LogP contribution in [0.15, 0.2) is 12.2 Å². The van der Waals surface area contributed by atoms with Gasteiger partial charge in [-0.05, 0) is 18.9 Å². The van der Waals surface area contributed by atoms with E-state index < -0.39 is 6.23 Å². The molecule has 0 aromatic heterocycles. The Morgan fingerprint density at radius 2 is 2.20 bits per heavy atom. The van der Waals surface area contributed by atoms with Gasteiger partial charge in [0.1, 0.15) is 6.23 Å². The maximum atomic E-state index is 11.2. The molecule has 0 spiro atoms. The van der Waals surface area contributed by atoms with E-state index in [1.54, 1.807) is 0 Å². The molecule has 0 saturated heterocycles. The zero-order valence-electron chi connectivity index (χ0n) is 8.56. The average molecular weight is 212 g/mol. The number of rotatable bonds is 6. The van der Waals surface area contributed by atoms with E-state index in [-0.39, 0.29) is 11.8 Å². The molecule has 1 atom stereocenters. The number of aliphatic hydroxyl groups excluding tert-OH is 1. The zero-order valence-corrected chi connectivity index (χ0v) is 8.56. The molecule has 84 valence electrons. The predicted octanol–water partition coefficient (Wildman–Crippen LogP) is -0.251. The van der Waals surface area contributed by atoms with Crippen molar-refractivity contribution < 1.29 is 14.7 Å². The van der Waals surface area contributed by atoms with Gasteiger partial charge >= 0.3 is 0 Å². The van der Waals surface area contributed by atoms with E-state index in [4.69, 9.17) is 5.73 Å². The Hall–Kier alpha value is -1.36. The summed E-state index contributed by atoms with van der Waals surface area (Å²) in [7, 11) is 0. The minimum atomic E-state index is -0.784. The molecule has 0 aliphatic carbocycles. The third-order valence-electron chi connectivity index (χ3n) is 2.34. The summed E-state index contributed by atoms with van der Waals surface area (Å²) in [6.45, 7) is 0.520. The Balaban J connectivity index is 2.10. The van der Waals surface area contributed by atoms with Crippen molar-refractivity contribution in [3.8, 4) is 0 Å². The van der Waals surface area contributed by atoms with Gasteiger partial charge < -0.3 is 15.7 Å². The van der Waals surface area contributed by atoms with Gasteiger partial charge in [-0.1, -0.05) is 6.42 Å². The summed E-state index contributed by atoms with van der Waals surface area (Å²) in [5.74, 6) is -0.452. The Labute approximate surface area is 88.5 Å². The Morgan fingerprint density at radius 1 is 1.47 bits per heavy atom. The molecule has 0 radical (unpaired) electrons. The highest BCUT2D eigenvalue weighted by Gasteiger charge is 2.22. The normalized spacial score (nSPS) is 19.9. The van der Waals surface area contributed by atoms with Crippen LogP contribution in [-0.2, 0) is 9.59 Å². The van der Waals surface area contributed by atoms with E-state index in [9.17, 15) is 14.7 Å². The summed E-state index contributed by atoms with van der Waals surface area (Å²) < 4.78 is 0. The summed E-state index contributed by atoms with van der Waals surface area (Å²) in [6, 6.07) is 0. The van der Waals surface area contributed by atoms with Gasteiger partial charge in [-0.25, -0.2) is 0 Å². The first-order valence-electron chi connectivity index (χ1n) is 5.06. The van der Waals surface area contributed by atoms with Gasteiger partial charge in [0.2, 0.25) is 11.8 Å². The number of carbonyl (C=O) groups excluding carboxylic acids is 2. The predicted molar refractivity (Wildman–Crippen MR) is 54.5 cm³/mol. The van der Waals surface area contributed by atoms with Crippen LogP contribution in [0.1, 0.15) is 25.7 Å². The van der Waals surface area contributed by atoms with Gasteiger partial charge in [0.05, 0.1) is 0 Å². The lowest BCUT2D eigenvalue weighted by Crippen LogP contribution is -2.34. The first-order valence-corrected chi connectivity index (χ1v) is 5.06. The second-order valence-corrected chi connectivity index (χ2v) is 3.58. The number of nitrogens with zero attached hydrogens (tertiary/aromatic N) is 1. The number of nitrogens with two attached hydrogens (primary N) is 1. The molecular weight excluding hydrogens is 196 g/mol. The van der Waals surface area contributed by atoms with Gasteiger partial charge in [-0.3, -0.25) is 9.59 Å². The van der Waals surface area contributed by atoms with Crippen LogP contribution in [0.2, 0.25) is 0 Å². The van der Waals surface area contributed by atoms with Crippen molar-refractivity contribution in [1.29, 1.82) is 0 Å². The molecule has 1 rings (SSSR count). The van der Waals surface area contributed by atoms with Crippen molar-refractivity contribution in [2.75, 3.05) is 6.54 Å². The lowest BCUT2D eigenvalue weighted by molar-refractivity contribution is -0.130. The molecule has 1 aliphatic heterocycles. The quantitative estimate of drug-likeness (QED) is 0.595. The standard InChI is InChI=1S/C10H16N2O3/c11-8(13)4-2-1-3-7-12-9(14)5-6-10(12)15/h5-6,9,14H,1-4,7H2,(H2,11,13). The molecule has 0 saturated carbocycles. The number of aliphatic hydroxyl groups is 1. The number of unbranched alkanes of at least 4 members (excludes halogenated alkanes) is 2. The number of primary amides is 1. The number of amides is 2. The summed E-state index contributed by atoms with van der Waals surface area (Å²) in [6.07, 6.45) is 4.78. The molecule has 3 N–H and O–H groups in total. The Bertz CT molecular complexity index is 276. The fourth-order valence-corrected chi connectivity index (χ4v) is 1.50. The second kappa shape index (κ2) is 5.50. The Kier molecular flexibility index (Phi) is 4.30. The van der Waals surface area contributed by atoms with Crippen molar-refractivity contribution in [3.05, 3.63) is 12.2 Å². The number of carbonyl (C=O) groups is 2. The molecule has 5 heteroatoms. The van der Waals surface area contributed by atoms with Gasteiger partial charge in [-0.2, -0.15) is 0 Å². The monoisotopic (exact) mass is 212 g/mol.